The minimum atomic E-state index is 0.0483. The fraction of sp³-hybridized carbons (Fsp3) is 0.333. The maximum atomic E-state index is 5.81. The van der Waals surface area contributed by atoms with Gasteiger partial charge in [-0.05, 0) is 19.1 Å². The smallest absolute Gasteiger partial charge is 0.125 e. The first kappa shape index (κ1) is 10.3. The summed E-state index contributed by atoms with van der Waals surface area (Å²) in [5, 5.41) is 0.657. The van der Waals surface area contributed by atoms with E-state index in [0.717, 1.165) is 11.3 Å². The van der Waals surface area contributed by atoms with Crippen LogP contribution in [0.2, 0.25) is 5.02 Å². The molecule has 0 aliphatic rings. The Kier molecular flexibility index (Phi) is 3.54. The normalized spacial score (nSPS) is 12.6. The van der Waals surface area contributed by atoms with Gasteiger partial charge in [0.15, 0.2) is 0 Å². The Morgan fingerprint density at radius 2 is 2.23 bits per heavy atom. The summed E-state index contributed by atoms with van der Waals surface area (Å²) in [5.41, 5.74) is 3.65. The molecule has 0 amide bonds. The van der Waals surface area contributed by atoms with Gasteiger partial charge in [-0.3, -0.25) is 11.3 Å². The molecule has 0 saturated carbocycles. The van der Waals surface area contributed by atoms with Crippen molar-refractivity contribution in [3.05, 3.63) is 28.8 Å². The van der Waals surface area contributed by atoms with E-state index in [0.29, 0.717) is 5.02 Å². The van der Waals surface area contributed by atoms with Crippen LogP contribution in [0, 0.1) is 0 Å². The summed E-state index contributed by atoms with van der Waals surface area (Å²) < 4.78 is 5.17. The summed E-state index contributed by atoms with van der Waals surface area (Å²) >= 11 is 5.81. The Balaban J connectivity index is 3.05. The van der Waals surface area contributed by atoms with Crippen LogP contribution >= 0.6 is 11.6 Å². The SMILES string of the molecule is COc1cc(Cl)ccc1C(C)NN. The van der Waals surface area contributed by atoms with Gasteiger partial charge in [0, 0.05) is 16.6 Å². The van der Waals surface area contributed by atoms with Gasteiger partial charge in [0.1, 0.15) is 5.75 Å². The molecular formula is C9H13ClN2O. The molecule has 0 aromatic heterocycles. The molecule has 0 aliphatic carbocycles. The highest BCUT2D eigenvalue weighted by Crippen LogP contribution is 2.27. The van der Waals surface area contributed by atoms with Gasteiger partial charge in [-0.2, -0.15) is 0 Å². The first-order valence-electron chi connectivity index (χ1n) is 3.98. The van der Waals surface area contributed by atoms with Crippen LogP contribution in [-0.4, -0.2) is 7.11 Å². The largest absolute Gasteiger partial charge is 0.496 e. The van der Waals surface area contributed by atoms with E-state index in [9.17, 15) is 0 Å². The zero-order valence-electron chi connectivity index (χ0n) is 7.67. The van der Waals surface area contributed by atoms with Crippen LogP contribution in [0.4, 0.5) is 0 Å². The molecule has 72 valence electrons. The summed E-state index contributed by atoms with van der Waals surface area (Å²) in [5.74, 6) is 6.08. The number of hydrogen-bond donors (Lipinski definition) is 2. The molecule has 1 aromatic rings. The summed E-state index contributed by atoms with van der Waals surface area (Å²) in [4.78, 5) is 0. The third-order valence-corrected chi connectivity index (χ3v) is 2.15. The van der Waals surface area contributed by atoms with E-state index in [1.54, 1.807) is 13.2 Å². The highest BCUT2D eigenvalue weighted by Gasteiger charge is 2.09. The van der Waals surface area contributed by atoms with Gasteiger partial charge in [0.2, 0.25) is 0 Å². The van der Waals surface area contributed by atoms with Gasteiger partial charge in [-0.25, -0.2) is 0 Å². The van der Waals surface area contributed by atoms with Gasteiger partial charge in [-0.1, -0.05) is 17.7 Å². The number of ether oxygens (including phenoxy) is 1. The molecule has 0 heterocycles. The number of nitrogens with one attached hydrogen (secondary N) is 1. The fourth-order valence-electron chi connectivity index (χ4n) is 1.13. The molecule has 3 nitrogen and oxygen atoms in total. The zero-order valence-corrected chi connectivity index (χ0v) is 8.43. The Bertz CT molecular complexity index is 291. The average molecular weight is 201 g/mol. The molecule has 0 bridgehead atoms. The maximum absolute atomic E-state index is 5.81. The Hall–Kier alpha value is -0.770. The summed E-state index contributed by atoms with van der Waals surface area (Å²) in [6, 6.07) is 5.52. The van der Waals surface area contributed by atoms with E-state index in [1.807, 2.05) is 19.1 Å². The van der Waals surface area contributed by atoms with Crippen molar-refractivity contribution in [3.63, 3.8) is 0 Å². The van der Waals surface area contributed by atoms with Crippen molar-refractivity contribution in [1.29, 1.82) is 0 Å². The lowest BCUT2D eigenvalue weighted by atomic mass is 10.1. The van der Waals surface area contributed by atoms with E-state index in [-0.39, 0.29) is 6.04 Å². The molecule has 3 N–H and O–H groups in total. The molecular weight excluding hydrogens is 188 g/mol. The van der Waals surface area contributed by atoms with E-state index in [4.69, 9.17) is 22.2 Å². The van der Waals surface area contributed by atoms with Gasteiger partial charge >= 0.3 is 0 Å². The first-order valence-corrected chi connectivity index (χ1v) is 4.36. The number of methoxy groups -OCH3 is 1. The number of halogens is 1. The monoisotopic (exact) mass is 200 g/mol. The van der Waals surface area contributed by atoms with Crippen molar-refractivity contribution >= 4 is 11.6 Å². The molecule has 1 atom stereocenters. The molecule has 0 fully saturated rings. The second-order valence-corrected chi connectivity index (χ2v) is 3.21. The lowest BCUT2D eigenvalue weighted by molar-refractivity contribution is 0.402. The first-order chi connectivity index (χ1) is 6.19. The maximum Gasteiger partial charge on any atom is 0.125 e. The minimum absolute atomic E-state index is 0.0483. The molecule has 0 aliphatic heterocycles. The van der Waals surface area contributed by atoms with E-state index < -0.39 is 0 Å². The number of hydrazine groups is 1. The molecule has 4 heteroatoms. The summed E-state index contributed by atoms with van der Waals surface area (Å²) in [7, 11) is 1.61. The molecule has 1 unspecified atom stereocenters. The van der Waals surface area contributed by atoms with Crippen molar-refractivity contribution in [2.45, 2.75) is 13.0 Å². The highest BCUT2D eigenvalue weighted by molar-refractivity contribution is 6.30. The third-order valence-electron chi connectivity index (χ3n) is 1.91. The third kappa shape index (κ3) is 2.34. The zero-order chi connectivity index (χ0) is 9.84. The second-order valence-electron chi connectivity index (χ2n) is 2.77. The number of hydrogen-bond acceptors (Lipinski definition) is 3. The van der Waals surface area contributed by atoms with Gasteiger partial charge in [0.25, 0.3) is 0 Å². The molecule has 1 aromatic carbocycles. The molecule has 0 radical (unpaired) electrons. The quantitative estimate of drug-likeness (QED) is 0.579. The van der Waals surface area contributed by atoms with Crippen LogP contribution in [0.3, 0.4) is 0 Å². The predicted molar refractivity (Wildman–Crippen MR) is 53.7 cm³/mol. The van der Waals surface area contributed by atoms with Crippen LogP contribution in [0.15, 0.2) is 18.2 Å². The van der Waals surface area contributed by atoms with Gasteiger partial charge < -0.3 is 4.74 Å². The topological polar surface area (TPSA) is 47.3 Å². The lowest BCUT2D eigenvalue weighted by Crippen LogP contribution is -2.25. The number of rotatable bonds is 3. The molecule has 0 spiro atoms. The lowest BCUT2D eigenvalue weighted by Gasteiger charge is -2.14. The van der Waals surface area contributed by atoms with Gasteiger partial charge in [-0.15, -0.1) is 0 Å². The van der Waals surface area contributed by atoms with Crippen molar-refractivity contribution < 1.29 is 4.74 Å². The number of benzene rings is 1. The fourth-order valence-corrected chi connectivity index (χ4v) is 1.29. The van der Waals surface area contributed by atoms with E-state index in [2.05, 4.69) is 5.43 Å². The van der Waals surface area contributed by atoms with E-state index in [1.165, 1.54) is 0 Å². The second kappa shape index (κ2) is 4.46. The van der Waals surface area contributed by atoms with Crippen LogP contribution in [0.25, 0.3) is 0 Å². The van der Waals surface area contributed by atoms with E-state index >= 15 is 0 Å². The Morgan fingerprint density at radius 3 is 2.77 bits per heavy atom. The van der Waals surface area contributed by atoms with Crippen LogP contribution in [-0.2, 0) is 0 Å². The highest BCUT2D eigenvalue weighted by atomic mass is 35.5. The van der Waals surface area contributed by atoms with Crippen LogP contribution in [0.1, 0.15) is 18.5 Å². The molecule has 0 saturated heterocycles. The van der Waals surface area contributed by atoms with Gasteiger partial charge in [0.05, 0.1) is 7.11 Å². The Labute approximate surface area is 82.8 Å². The molecule has 1 rings (SSSR count). The van der Waals surface area contributed by atoms with Crippen molar-refractivity contribution in [2.24, 2.45) is 5.84 Å². The molecule has 13 heavy (non-hydrogen) atoms. The van der Waals surface area contributed by atoms with Crippen LogP contribution in [0.5, 0.6) is 5.75 Å². The van der Waals surface area contributed by atoms with Crippen LogP contribution < -0.4 is 16.0 Å². The predicted octanol–water partition coefficient (Wildman–Crippen LogP) is 1.87. The number of nitrogens with two attached hydrogens (primary N) is 1. The standard InChI is InChI=1S/C9H13ClN2O/c1-6(12-11)8-4-3-7(10)5-9(8)13-2/h3-6,12H,11H2,1-2H3. The van der Waals surface area contributed by atoms with Crippen molar-refractivity contribution in [3.8, 4) is 5.75 Å². The van der Waals surface area contributed by atoms with Crippen molar-refractivity contribution in [1.82, 2.24) is 5.43 Å². The Morgan fingerprint density at radius 1 is 1.54 bits per heavy atom. The minimum Gasteiger partial charge on any atom is -0.496 e. The van der Waals surface area contributed by atoms with Crippen molar-refractivity contribution in [2.75, 3.05) is 7.11 Å². The summed E-state index contributed by atoms with van der Waals surface area (Å²) in [6.07, 6.45) is 0. The summed E-state index contributed by atoms with van der Waals surface area (Å²) in [6.45, 7) is 1.95. The average Bonchev–Trinajstić information content (AvgIpc) is 2.16.